The van der Waals surface area contributed by atoms with Gasteiger partial charge in [-0.15, -0.1) is 0 Å². The SMILES string of the molecule is CCOC(=O)C1CCC(O)(CN2CCCC(C)C2C)CC1. The molecule has 2 aliphatic rings. The number of β-amino-alcohol motifs (C(OH)–C–C–N with tert-alkyl or cyclic N) is 1. The highest BCUT2D eigenvalue weighted by Gasteiger charge is 2.39. The van der Waals surface area contributed by atoms with Crippen LogP contribution in [0.2, 0.25) is 0 Å². The van der Waals surface area contributed by atoms with Gasteiger partial charge in [-0.3, -0.25) is 9.69 Å². The van der Waals surface area contributed by atoms with Crippen molar-refractivity contribution in [2.75, 3.05) is 19.7 Å². The minimum Gasteiger partial charge on any atom is -0.466 e. The van der Waals surface area contributed by atoms with E-state index in [1.807, 2.05) is 6.92 Å². The van der Waals surface area contributed by atoms with Crippen LogP contribution in [0.3, 0.4) is 0 Å². The maximum absolute atomic E-state index is 11.8. The highest BCUT2D eigenvalue weighted by molar-refractivity contribution is 5.72. The third-order valence-electron chi connectivity index (χ3n) is 5.54. The van der Waals surface area contributed by atoms with Gasteiger partial charge in [-0.1, -0.05) is 6.92 Å². The summed E-state index contributed by atoms with van der Waals surface area (Å²) < 4.78 is 5.10. The van der Waals surface area contributed by atoms with Crippen molar-refractivity contribution < 1.29 is 14.6 Å². The van der Waals surface area contributed by atoms with Crippen LogP contribution in [0.25, 0.3) is 0 Å². The number of aliphatic hydroxyl groups is 1. The molecule has 0 amide bonds. The van der Waals surface area contributed by atoms with Crippen LogP contribution in [-0.4, -0.2) is 47.3 Å². The molecule has 1 aliphatic heterocycles. The lowest BCUT2D eigenvalue weighted by Gasteiger charge is -2.44. The molecule has 0 radical (unpaired) electrons. The first-order chi connectivity index (χ1) is 9.95. The molecule has 0 aromatic carbocycles. The van der Waals surface area contributed by atoms with Crippen LogP contribution in [0.15, 0.2) is 0 Å². The Hall–Kier alpha value is -0.610. The summed E-state index contributed by atoms with van der Waals surface area (Å²) >= 11 is 0. The number of nitrogens with zero attached hydrogens (tertiary/aromatic N) is 1. The van der Waals surface area contributed by atoms with E-state index in [2.05, 4.69) is 18.7 Å². The molecule has 1 N–H and O–H groups in total. The summed E-state index contributed by atoms with van der Waals surface area (Å²) in [6.45, 7) is 8.72. The molecular weight excluding hydrogens is 266 g/mol. The molecule has 21 heavy (non-hydrogen) atoms. The lowest BCUT2D eigenvalue weighted by Crippen LogP contribution is -2.52. The van der Waals surface area contributed by atoms with E-state index in [1.165, 1.54) is 12.8 Å². The second kappa shape index (κ2) is 7.10. The third kappa shape index (κ3) is 4.19. The molecule has 4 heteroatoms. The van der Waals surface area contributed by atoms with Crippen molar-refractivity contribution in [2.24, 2.45) is 11.8 Å². The Morgan fingerprint density at radius 1 is 1.29 bits per heavy atom. The third-order valence-corrected chi connectivity index (χ3v) is 5.54. The number of likely N-dealkylation sites (tertiary alicyclic amines) is 1. The van der Waals surface area contributed by atoms with Gasteiger partial charge in [0.2, 0.25) is 0 Å². The summed E-state index contributed by atoms with van der Waals surface area (Å²) in [6, 6.07) is 0.547. The Morgan fingerprint density at radius 2 is 1.95 bits per heavy atom. The Morgan fingerprint density at radius 3 is 2.57 bits per heavy atom. The summed E-state index contributed by atoms with van der Waals surface area (Å²) in [5.41, 5.74) is -0.617. The summed E-state index contributed by atoms with van der Waals surface area (Å²) in [6.07, 6.45) is 5.47. The van der Waals surface area contributed by atoms with E-state index in [0.29, 0.717) is 31.4 Å². The van der Waals surface area contributed by atoms with E-state index >= 15 is 0 Å². The number of rotatable bonds is 4. The predicted molar refractivity (Wildman–Crippen MR) is 83.0 cm³/mol. The smallest absolute Gasteiger partial charge is 0.308 e. The van der Waals surface area contributed by atoms with Crippen LogP contribution >= 0.6 is 0 Å². The fourth-order valence-corrected chi connectivity index (χ4v) is 3.83. The topological polar surface area (TPSA) is 49.8 Å². The van der Waals surface area contributed by atoms with Crippen LogP contribution in [0.4, 0.5) is 0 Å². The first-order valence-corrected chi connectivity index (χ1v) is 8.58. The largest absolute Gasteiger partial charge is 0.466 e. The first kappa shape index (κ1) is 16.8. The number of esters is 1. The minimum atomic E-state index is -0.617. The molecule has 2 unspecified atom stereocenters. The summed E-state index contributed by atoms with van der Waals surface area (Å²) in [7, 11) is 0. The van der Waals surface area contributed by atoms with Crippen molar-refractivity contribution >= 4 is 5.97 Å². The van der Waals surface area contributed by atoms with Crippen molar-refractivity contribution in [3.63, 3.8) is 0 Å². The molecule has 122 valence electrons. The van der Waals surface area contributed by atoms with Crippen LogP contribution in [0.5, 0.6) is 0 Å². The molecule has 2 fully saturated rings. The minimum absolute atomic E-state index is 0.0112. The fourth-order valence-electron chi connectivity index (χ4n) is 3.83. The van der Waals surface area contributed by atoms with Crippen molar-refractivity contribution in [2.45, 2.75) is 70.9 Å². The van der Waals surface area contributed by atoms with E-state index in [4.69, 9.17) is 4.74 Å². The van der Waals surface area contributed by atoms with Crippen LogP contribution in [0.1, 0.15) is 59.3 Å². The summed E-state index contributed by atoms with van der Waals surface area (Å²) in [5.74, 6) is 0.612. The van der Waals surface area contributed by atoms with Gasteiger partial charge in [-0.05, 0) is 64.8 Å². The molecule has 2 rings (SSSR count). The highest BCUT2D eigenvalue weighted by Crippen LogP contribution is 2.35. The van der Waals surface area contributed by atoms with Gasteiger partial charge in [0.25, 0.3) is 0 Å². The quantitative estimate of drug-likeness (QED) is 0.810. The van der Waals surface area contributed by atoms with Crippen molar-refractivity contribution in [1.82, 2.24) is 4.90 Å². The average molecular weight is 297 g/mol. The van der Waals surface area contributed by atoms with E-state index in [-0.39, 0.29) is 11.9 Å². The lowest BCUT2D eigenvalue weighted by atomic mass is 9.77. The second-order valence-corrected chi connectivity index (χ2v) is 7.08. The summed E-state index contributed by atoms with van der Waals surface area (Å²) in [5, 5.41) is 10.9. The molecule has 0 spiro atoms. The van der Waals surface area contributed by atoms with Gasteiger partial charge < -0.3 is 9.84 Å². The molecule has 1 saturated carbocycles. The Labute approximate surface area is 128 Å². The van der Waals surface area contributed by atoms with Gasteiger partial charge in [0.1, 0.15) is 0 Å². The second-order valence-electron chi connectivity index (χ2n) is 7.08. The molecule has 1 aliphatic carbocycles. The van der Waals surface area contributed by atoms with Gasteiger partial charge in [0.15, 0.2) is 0 Å². The van der Waals surface area contributed by atoms with Gasteiger partial charge >= 0.3 is 5.97 Å². The van der Waals surface area contributed by atoms with Crippen molar-refractivity contribution in [1.29, 1.82) is 0 Å². The normalized spacial score (nSPS) is 38.2. The van der Waals surface area contributed by atoms with Crippen molar-refractivity contribution in [3.8, 4) is 0 Å². The number of hydrogen-bond donors (Lipinski definition) is 1. The molecule has 1 saturated heterocycles. The number of carbonyl (C=O) groups is 1. The Bertz CT molecular complexity index is 350. The highest BCUT2D eigenvalue weighted by atomic mass is 16.5. The molecule has 0 aromatic rings. The zero-order valence-electron chi connectivity index (χ0n) is 13.8. The van der Waals surface area contributed by atoms with Gasteiger partial charge in [0, 0.05) is 12.6 Å². The number of hydrogen-bond acceptors (Lipinski definition) is 4. The summed E-state index contributed by atoms with van der Waals surface area (Å²) in [4.78, 5) is 14.2. The van der Waals surface area contributed by atoms with Crippen LogP contribution < -0.4 is 0 Å². The lowest BCUT2D eigenvalue weighted by molar-refractivity contribution is -0.151. The van der Waals surface area contributed by atoms with E-state index < -0.39 is 5.60 Å². The van der Waals surface area contributed by atoms with Gasteiger partial charge in [0.05, 0.1) is 18.1 Å². The first-order valence-electron chi connectivity index (χ1n) is 8.58. The fraction of sp³-hybridized carbons (Fsp3) is 0.941. The monoisotopic (exact) mass is 297 g/mol. The van der Waals surface area contributed by atoms with E-state index in [0.717, 1.165) is 25.9 Å². The molecule has 4 nitrogen and oxygen atoms in total. The maximum Gasteiger partial charge on any atom is 0.308 e. The number of carbonyl (C=O) groups excluding carboxylic acids is 1. The Balaban J connectivity index is 1.85. The molecule has 0 bridgehead atoms. The predicted octanol–water partition coefficient (Wildman–Crippen LogP) is 2.59. The van der Waals surface area contributed by atoms with Crippen molar-refractivity contribution in [3.05, 3.63) is 0 Å². The molecule has 1 heterocycles. The standard InChI is InChI=1S/C17H31NO3/c1-4-21-16(19)15-7-9-17(20,10-8-15)12-18-11-5-6-13(2)14(18)3/h13-15,20H,4-12H2,1-3H3. The average Bonchev–Trinajstić information content (AvgIpc) is 2.45. The zero-order valence-corrected chi connectivity index (χ0v) is 13.8. The molecule has 2 atom stereocenters. The van der Waals surface area contributed by atoms with E-state index in [9.17, 15) is 9.90 Å². The Kier molecular flexibility index (Phi) is 5.67. The zero-order chi connectivity index (χ0) is 15.5. The van der Waals surface area contributed by atoms with Crippen LogP contribution in [0, 0.1) is 11.8 Å². The van der Waals surface area contributed by atoms with Gasteiger partial charge in [-0.25, -0.2) is 0 Å². The van der Waals surface area contributed by atoms with E-state index in [1.54, 1.807) is 0 Å². The molecule has 0 aromatic heterocycles. The maximum atomic E-state index is 11.8. The van der Waals surface area contributed by atoms with Crippen LogP contribution in [-0.2, 0) is 9.53 Å². The van der Waals surface area contributed by atoms with Gasteiger partial charge in [-0.2, -0.15) is 0 Å². The number of ether oxygens (including phenoxy) is 1. The molecular formula is C17H31NO3. The number of piperidine rings is 1.